The summed E-state index contributed by atoms with van der Waals surface area (Å²) >= 11 is 0. The smallest absolute Gasteiger partial charge is 0.341 e. The maximum Gasteiger partial charge on any atom is 0.341 e. The van der Waals surface area contributed by atoms with Crippen LogP contribution in [-0.2, 0) is 16.0 Å². The van der Waals surface area contributed by atoms with Crippen LogP contribution in [0.15, 0.2) is 42.5 Å². The summed E-state index contributed by atoms with van der Waals surface area (Å²) in [5.74, 6) is -1.59. The molecule has 0 radical (unpaired) electrons. The fraction of sp³-hybridized carbons (Fsp3) is 0.364. The van der Waals surface area contributed by atoms with E-state index in [9.17, 15) is 24.1 Å². The second-order valence-corrected chi connectivity index (χ2v) is 7.31. The number of anilines is 1. The molecule has 9 heteroatoms. The number of rotatable bonds is 8. The highest BCUT2D eigenvalue weighted by molar-refractivity contribution is 5.97. The minimum absolute atomic E-state index is 0.0789. The average molecular weight is 429 g/mol. The number of nitrogens with zero attached hydrogens (tertiary/aromatic N) is 2. The number of ether oxygens (including phenoxy) is 1. The van der Waals surface area contributed by atoms with Crippen molar-refractivity contribution < 1.29 is 23.6 Å². The molecule has 164 valence electrons. The Kier molecular flexibility index (Phi) is 7.53. The van der Waals surface area contributed by atoms with Gasteiger partial charge in [0.05, 0.1) is 16.2 Å². The van der Waals surface area contributed by atoms with E-state index in [4.69, 9.17) is 4.74 Å². The van der Waals surface area contributed by atoms with Crippen molar-refractivity contribution in [3.05, 3.63) is 69.5 Å². The molecule has 0 aromatic heterocycles. The molecule has 0 saturated carbocycles. The van der Waals surface area contributed by atoms with E-state index >= 15 is 0 Å². The Morgan fingerprint density at radius 1 is 1.10 bits per heavy atom. The molecule has 1 heterocycles. The van der Waals surface area contributed by atoms with Crippen LogP contribution in [0, 0.1) is 15.9 Å². The Balaban J connectivity index is 1.58. The average Bonchev–Trinajstić information content (AvgIpc) is 2.79. The molecule has 1 aliphatic rings. The van der Waals surface area contributed by atoms with Gasteiger partial charge in [-0.3, -0.25) is 14.9 Å². The van der Waals surface area contributed by atoms with Gasteiger partial charge in [0.25, 0.3) is 11.6 Å². The fourth-order valence-electron chi connectivity index (χ4n) is 3.47. The van der Waals surface area contributed by atoms with Gasteiger partial charge in [-0.2, -0.15) is 0 Å². The second-order valence-electron chi connectivity index (χ2n) is 7.31. The first-order chi connectivity index (χ1) is 14.9. The largest absolute Gasteiger partial charge is 0.452 e. The number of hydrogen-bond donors (Lipinski definition) is 1. The van der Waals surface area contributed by atoms with Crippen LogP contribution in [0.1, 0.15) is 35.2 Å². The van der Waals surface area contributed by atoms with E-state index in [1.807, 2.05) is 4.90 Å². The maximum atomic E-state index is 12.9. The first-order valence-electron chi connectivity index (χ1n) is 10.2. The summed E-state index contributed by atoms with van der Waals surface area (Å²) in [5, 5.41) is 13.8. The number of non-ortho nitro benzene ring substituents is 1. The normalized spacial score (nSPS) is 13.5. The minimum Gasteiger partial charge on any atom is -0.452 e. The molecule has 1 aliphatic heterocycles. The summed E-state index contributed by atoms with van der Waals surface area (Å²) in [6.07, 6.45) is 3.55. The zero-order valence-electron chi connectivity index (χ0n) is 17.0. The SMILES string of the molecule is O=C(COC(=O)c1cc([N+](=O)[O-])ccc1N1CCCCC1)NCCc1ccc(F)cc1. The molecule has 0 spiro atoms. The van der Waals surface area contributed by atoms with E-state index in [1.54, 1.807) is 18.2 Å². The van der Waals surface area contributed by atoms with Gasteiger partial charge in [-0.15, -0.1) is 0 Å². The third-order valence-electron chi connectivity index (χ3n) is 5.09. The number of benzene rings is 2. The van der Waals surface area contributed by atoms with Gasteiger partial charge in [0.15, 0.2) is 6.61 Å². The van der Waals surface area contributed by atoms with E-state index in [0.717, 1.165) is 37.9 Å². The molecule has 1 amide bonds. The molecular formula is C22H24FN3O5. The molecule has 31 heavy (non-hydrogen) atoms. The minimum atomic E-state index is -0.780. The molecule has 3 rings (SSSR count). The maximum absolute atomic E-state index is 12.9. The molecule has 8 nitrogen and oxygen atoms in total. The number of carbonyl (C=O) groups excluding carboxylic acids is 2. The van der Waals surface area contributed by atoms with Crippen molar-refractivity contribution in [2.24, 2.45) is 0 Å². The van der Waals surface area contributed by atoms with Gasteiger partial charge >= 0.3 is 5.97 Å². The molecule has 0 atom stereocenters. The standard InChI is InChI=1S/C22H24FN3O5/c23-17-6-4-16(5-7-17)10-11-24-21(27)15-31-22(28)19-14-18(26(29)30)8-9-20(19)25-12-2-1-3-13-25/h4-9,14H,1-3,10-13,15H2,(H,24,27). The Hall–Kier alpha value is -3.49. The predicted molar refractivity (Wildman–Crippen MR) is 113 cm³/mol. The van der Waals surface area contributed by atoms with Crippen molar-refractivity contribution in [1.82, 2.24) is 5.32 Å². The van der Waals surface area contributed by atoms with Gasteiger partial charge in [-0.05, 0) is 49.4 Å². The molecule has 0 bridgehead atoms. The topological polar surface area (TPSA) is 102 Å². The van der Waals surface area contributed by atoms with E-state index in [-0.39, 0.29) is 17.1 Å². The third-order valence-corrected chi connectivity index (χ3v) is 5.09. The first-order valence-corrected chi connectivity index (χ1v) is 10.2. The van der Waals surface area contributed by atoms with Gasteiger partial charge < -0.3 is 15.0 Å². The van der Waals surface area contributed by atoms with Crippen LogP contribution in [0.2, 0.25) is 0 Å². The zero-order valence-corrected chi connectivity index (χ0v) is 17.0. The van der Waals surface area contributed by atoms with Crippen molar-refractivity contribution in [3.63, 3.8) is 0 Å². The number of nitro groups is 1. The highest BCUT2D eigenvalue weighted by Crippen LogP contribution is 2.28. The number of halogens is 1. The number of piperidine rings is 1. The molecule has 2 aromatic rings. The van der Waals surface area contributed by atoms with Crippen LogP contribution in [0.25, 0.3) is 0 Å². The van der Waals surface area contributed by atoms with E-state index in [0.29, 0.717) is 18.7 Å². The lowest BCUT2D eigenvalue weighted by Gasteiger charge is -2.30. The predicted octanol–water partition coefficient (Wildman–Crippen LogP) is 3.24. The number of nitro benzene ring substituents is 1. The van der Waals surface area contributed by atoms with Crippen LogP contribution >= 0.6 is 0 Å². The molecule has 1 fully saturated rings. The van der Waals surface area contributed by atoms with Gasteiger partial charge in [0, 0.05) is 31.8 Å². The van der Waals surface area contributed by atoms with Crippen molar-refractivity contribution >= 4 is 23.3 Å². The summed E-state index contributed by atoms with van der Waals surface area (Å²) in [7, 11) is 0. The second kappa shape index (κ2) is 10.5. The van der Waals surface area contributed by atoms with Crippen LogP contribution in [0.3, 0.4) is 0 Å². The number of nitrogens with one attached hydrogen (secondary N) is 1. The van der Waals surface area contributed by atoms with Gasteiger partial charge in [0.2, 0.25) is 0 Å². The lowest BCUT2D eigenvalue weighted by atomic mass is 10.1. The zero-order chi connectivity index (χ0) is 22.2. The highest BCUT2D eigenvalue weighted by atomic mass is 19.1. The summed E-state index contributed by atoms with van der Waals surface area (Å²) in [6, 6.07) is 10.1. The number of carbonyl (C=O) groups is 2. The first kappa shape index (κ1) is 22.2. The van der Waals surface area contributed by atoms with Gasteiger partial charge in [-0.1, -0.05) is 12.1 Å². The summed E-state index contributed by atoms with van der Waals surface area (Å²) < 4.78 is 18.0. The summed E-state index contributed by atoms with van der Waals surface area (Å²) in [4.78, 5) is 37.2. The van der Waals surface area contributed by atoms with Crippen molar-refractivity contribution in [3.8, 4) is 0 Å². The Morgan fingerprint density at radius 3 is 2.48 bits per heavy atom. The van der Waals surface area contributed by atoms with E-state index < -0.39 is 23.4 Å². The highest BCUT2D eigenvalue weighted by Gasteiger charge is 2.23. The molecule has 1 saturated heterocycles. The van der Waals surface area contributed by atoms with Crippen LogP contribution in [0.4, 0.5) is 15.8 Å². The van der Waals surface area contributed by atoms with Crippen molar-refractivity contribution in [2.45, 2.75) is 25.7 Å². The van der Waals surface area contributed by atoms with Gasteiger partial charge in [0.1, 0.15) is 5.82 Å². The Bertz CT molecular complexity index is 943. The number of esters is 1. The van der Waals surface area contributed by atoms with Gasteiger partial charge in [-0.25, -0.2) is 9.18 Å². The molecule has 0 unspecified atom stereocenters. The fourth-order valence-corrected chi connectivity index (χ4v) is 3.47. The lowest BCUT2D eigenvalue weighted by molar-refractivity contribution is -0.384. The molecule has 2 aromatic carbocycles. The van der Waals surface area contributed by atoms with Crippen molar-refractivity contribution in [2.75, 3.05) is 31.1 Å². The number of amides is 1. The van der Waals surface area contributed by atoms with Crippen molar-refractivity contribution in [1.29, 1.82) is 0 Å². The molecular weight excluding hydrogens is 405 g/mol. The monoisotopic (exact) mass is 429 g/mol. The van der Waals surface area contributed by atoms with Crippen LogP contribution in [-0.4, -0.2) is 43.0 Å². The third kappa shape index (κ3) is 6.24. The lowest BCUT2D eigenvalue weighted by Crippen LogP contribution is -2.32. The molecule has 0 aliphatic carbocycles. The Labute approximate surface area is 179 Å². The van der Waals surface area contributed by atoms with Crippen LogP contribution in [0.5, 0.6) is 0 Å². The summed E-state index contributed by atoms with van der Waals surface area (Å²) in [5.41, 5.74) is 1.31. The van der Waals surface area contributed by atoms with E-state index in [1.165, 1.54) is 24.3 Å². The quantitative estimate of drug-likeness (QED) is 0.393. The Morgan fingerprint density at radius 2 is 1.81 bits per heavy atom. The summed E-state index contributed by atoms with van der Waals surface area (Å²) in [6.45, 7) is 1.31. The number of hydrogen-bond acceptors (Lipinski definition) is 6. The van der Waals surface area contributed by atoms with Crippen LogP contribution < -0.4 is 10.2 Å². The molecule has 1 N–H and O–H groups in total. The van der Waals surface area contributed by atoms with E-state index in [2.05, 4.69) is 5.32 Å².